The Kier molecular flexibility index (Phi) is 8.39. The molecule has 0 aliphatic heterocycles. The van der Waals surface area contributed by atoms with Crippen molar-refractivity contribution in [2.24, 2.45) is 5.92 Å². The van der Waals surface area contributed by atoms with Gasteiger partial charge in [0.1, 0.15) is 12.4 Å². The van der Waals surface area contributed by atoms with Gasteiger partial charge in [0.15, 0.2) is 11.6 Å². The van der Waals surface area contributed by atoms with Gasteiger partial charge in [-0.2, -0.15) is 0 Å². The summed E-state index contributed by atoms with van der Waals surface area (Å²) in [7, 11) is 0. The second-order valence-corrected chi connectivity index (χ2v) is 8.30. The van der Waals surface area contributed by atoms with Crippen molar-refractivity contribution in [3.8, 4) is 11.5 Å². The van der Waals surface area contributed by atoms with Crippen LogP contribution < -0.4 is 9.47 Å². The highest BCUT2D eigenvalue weighted by Gasteiger charge is 2.21. The van der Waals surface area contributed by atoms with Gasteiger partial charge >= 0.3 is 0 Å². The fraction of sp³-hybridized carbons (Fsp3) is 0.538. The highest BCUT2D eigenvalue weighted by molar-refractivity contribution is 5.33. The molecule has 0 N–H and O–H groups in total. The van der Waals surface area contributed by atoms with Crippen LogP contribution in [0.4, 0.5) is 4.39 Å². The zero-order chi connectivity index (χ0) is 20.5. The zero-order valence-electron chi connectivity index (χ0n) is 18.0. The van der Waals surface area contributed by atoms with Crippen LogP contribution in [0.5, 0.6) is 11.5 Å². The Bertz CT molecular complexity index is 733. The Morgan fingerprint density at radius 1 is 0.897 bits per heavy atom. The Morgan fingerprint density at radius 3 is 2.31 bits per heavy atom. The molecule has 0 atom stereocenters. The van der Waals surface area contributed by atoms with Crippen LogP contribution in [0.25, 0.3) is 0 Å². The minimum atomic E-state index is -0.373. The smallest absolute Gasteiger partial charge is 0.168 e. The van der Waals surface area contributed by atoms with Gasteiger partial charge in [-0.25, -0.2) is 4.39 Å². The molecule has 0 amide bonds. The van der Waals surface area contributed by atoms with E-state index in [1.54, 1.807) is 12.1 Å². The van der Waals surface area contributed by atoms with E-state index in [-0.39, 0.29) is 11.6 Å². The summed E-state index contributed by atoms with van der Waals surface area (Å²) in [5.74, 6) is 2.07. The van der Waals surface area contributed by atoms with Crippen molar-refractivity contribution in [1.82, 2.24) is 0 Å². The SMILES string of the molecule is CCCCCOc1ccc(OCc2ccc([C@H]3CC[C@H](CC)CC3)cc2)c(F)c1. The summed E-state index contributed by atoms with van der Waals surface area (Å²) in [6.07, 6.45) is 9.87. The van der Waals surface area contributed by atoms with Crippen molar-refractivity contribution in [3.05, 3.63) is 59.4 Å². The molecule has 0 unspecified atom stereocenters. The molecule has 2 aromatic rings. The monoisotopic (exact) mass is 398 g/mol. The van der Waals surface area contributed by atoms with Crippen LogP contribution in [-0.2, 0) is 6.61 Å². The molecule has 0 bridgehead atoms. The third-order valence-electron chi connectivity index (χ3n) is 6.19. The van der Waals surface area contributed by atoms with Crippen molar-refractivity contribution < 1.29 is 13.9 Å². The van der Waals surface area contributed by atoms with Gasteiger partial charge < -0.3 is 9.47 Å². The number of unbranched alkanes of at least 4 members (excludes halogenated alkanes) is 2. The lowest BCUT2D eigenvalue weighted by Crippen LogP contribution is -2.12. The van der Waals surface area contributed by atoms with Crippen molar-refractivity contribution in [3.63, 3.8) is 0 Å². The van der Waals surface area contributed by atoms with Gasteiger partial charge in [0.05, 0.1) is 6.61 Å². The first-order valence-electron chi connectivity index (χ1n) is 11.3. The Balaban J connectivity index is 1.48. The summed E-state index contributed by atoms with van der Waals surface area (Å²) in [4.78, 5) is 0. The first-order valence-corrected chi connectivity index (χ1v) is 11.3. The highest BCUT2D eigenvalue weighted by atomic mass is 19.1. The van der Waals surface area contributed by atoms with E-state index in [9.17, 15) is 4.39 Å². The van der Waals surface area contributed by atoms with E-state index in [2.05, 4.69) is 38.1 Å². The van der Waals surface area contributed by atoms with E-state index >= 15 is 0 Å². The lowest BCUT2D eigenvalue weighted by Gasteiger charge is -2.28. The average Bonchev–Trinajstić information content (AvgIpc) is 2.76. The fourth-order valence-corrected chi connectivity index (χ4v) is 4.18. The van der Waals surface area contributed by atoms with E-state index in [1.807, 2.05) is 0 Å². The zero-order valence-corrected chi connectivity index (χ0v) is 18.0. The van der Waals surface area contributed by atoms with Gasteiger partial charge in [0.25, 0.3) is 0 Å². The lowest BCUT2D eigenvalue weighted by molar-refractivity contribution is 0.283. The van der Waals surface area contributed by atoms with E-state index in [0.29, 0.717) is 24.9 Å². The first kappa shape index (κ1) is 21.7. The standard InChI is InChI=1S/C26H35FO2/c1-3-5-6-17-28-24-15-16-26(25(27)18-24)29-19-21-9-13-23(14-10-21)22-11-7-20(4-2)8-12-22/h9-10,13-16,18,20,22H,3-8,11-12,17,19H2,1-2H3/t20-,22-. The van der Waals surface area contributed by atoms with Gasteiger partial charge in [0.2, 0.25) is 0 Å². The third kappa shape index (κ3) is 6.48. The molecule has 29 heavy (non-hydrogen) atoms. The molecule has 3 rings (SSSR count). The van der Waals surface area contributed by atoms with Gasteiger partial charge in [0, 0.05) is 6.07 Å². The molecule has 1 fully saturated rings. The molecule has 0 aromatic heterocycles. The maximum atomic E-state index is 14.3. The van der Waals surface area contributed by atoms with Crippen molar-refractivity contribution in [2.45, 2.75) is 77.7 Å². The predicted octanol–water partition coefficient (Wildman–Crippen LogP) is 7.66. The maximum Gasteiger partial charge on any atom is 0.168 e. The molecule has 0 heterocycles. The molecule has 158 valence electrons. The number of benzene rings is 2. The second-order valence-electron chi connectivity index (χ2n) is 8.30. The van der Waals surface area contributed by atoms with E-state index < -0.39 is 0 Å². The lowest BCUT2D eigenvalue weighted by atomic mass is 9.78. The molecular formula is C26H35FO2. The Morgan fingerprint density at radius 2 is 1.66 bits per heavy atom. The van der Waals surface area contributed by atoms with Crippen LogP contribution in [-0.4, -0.2) is 6.61 Å². The molecule has 3 heteroatoms. The number of halogens is 1. The molecule has 1 aliphatic rings. The fourth-order valence-electron chi connectivity index (χ4n) is 4.18. The van der Waals surface area contributed by atoms with Gasteiger partial charge in [-0.1, -0.05) is 57.4 Å². The van der Waals surface area contributed by atoms with Crippen LogP contribution in [0.3, 0.4) is 0 Å². The van der Waals surface area contributed by atoms with Gasteiger partial charge in [-0.15, -0.1) is 0 Å². The molecule has 2 nitrogen and oxygen atoms in total. The number of ether oxygens (including phenoxy) is 2. The van der Waals surface area contributed by atoms with E-state index in [1.165, 1.54) is 43.7 Å². The predicted molar refractivity (Wildman–Crippen MR) is 117 cm³/mol. The summed E-state index contributed by atoms with van der Waals surface area (Å²) < 4.78 is 25.6. The van der Waals surface area contributed by atoms with E-state index in [0.717, 1.165) is 30.7 Å². The van der Waals surface area contributed by atoms with E-state index in [4.69, 9.17) is 9.47 Å². The molecule has 0 saturated heterocycles. The normalized spacial score (nSPS) is 19.1. The topological polar surface area (TPSA) is 18.5 Å². The van der Waals surface area contributed by atoms with Crippen molar-refractivity contribution in [2.75, 3.05) is 6.61 Å². The van der Waals surface area contributed by atoms with Crippen LogP contribution in [0.15, 0.2) is 42.5 Å². The Hall–Kier alpha value is -2.03. The summed E-state index contributed by atoms with van der Waals surface area (Å²) in [5.41, 5.74) is 2.49. The van der Waals surface area contributed by atoms with Gasteiger partial charge in [-0.05, 0) is 67.2 Å². The summed E-state index contributed by atoms with van der Waals surface area (Å²) in [6.45, 7) is 5.45. The molecule has 1 aliphatic carbocycles. The summed E-state index contributed by atoms with van der Waals surface area (Å²) in [6, 6.07) is 13.5. The highest BCUT2D eigenvalue weighted by Crippen LogP contribution is 2.37. The van der Waals surface area contributed by atoms with Crippen LogP contribution in [0.1, 0.15) is 82.3 Å². The number of rotatable bonds is 10. The molecule has 0 radical (unpaired) electrons. The van der Waals surface area contributed by atoms with Crippen LogP contribution in [0.2, 0.25) is 0 Å². The van der Waals surface area contributed by atoms with Crippen LogP contribution >= 0.6 is 0 Å². The minimum Gasteiger partial charge on any atom is -0.493 e. The van der Waals surface area contributed by atoms with Crippen LogP contribution in [0, 0.1) is 11.7 Å². The number of hydrogen-bond donors (Lipinski definition) is 0. The Labute approximate surface area is 175 Å². The van der Waals surface area contributed by atoms with Crippen molar-refractivity contribution >= 4 is 0 Å². The average molecular weight is 399 g/mol. The molecule has 2 aromatic carbocycles. The largest absolute Gasteiger partial charge is 0.493 e. The molecule has 1 saturated carbocycles. The van der Waals surface area contributed by atoms with Crippen molar-refractivity contribution in [1.29, 1.82) is 0 Å². The quantitative estimate of drug-likeness (QED) is 0.382. The first-order chi connectivity index (χ1) is 14.2. The maximum absolute atomic E-state index is 14.3. The second kappa shape index (κ2) is 11.2. The minimum absolute atomic E-state index is 0.271. The molecule has 0 spiro atoms. The van der Waals surface area contributed by atoms with Gasteiger partial charge in [-0.3, -0.25) is 0 Å². The third-order valence-corrected chi connectivity index (χ3v) is 6.19. The molecular weight excluding hydrogens is 363 g/mol. The summed E-state index contributed by atoms with van der Waals surface area (Å²) >= 11 is 0. The number of hydrogen-bond acceptors (Lipinski definition) is 2. The summed E-state index contributed by atoms with van der Waals surface area (Å²) in [5, 5.41) is 0.